The Balaban J connectivity index is 1.58. The zero-order valence-corrected chi connectivity index (χ0v) is 19.3. The monoisotopic (exact) mass is 467 g/mol. The highest BCUT2D eigenvalue weighted by Gasteiger charge is 2.22. The van der Waals surface area contributed by atoms with Crippen LogP contribution in [0.2, 0.25) is 5.02 Å². The number of thiazole rings is 1. The second-order valence-electron chi connectivity index (χ2n) is 7.07. The molecule has 2 aromatic carbocycles. The van der Waals surface area contributed by atoms with Crippen LogP contribution in [0.15, 0.2) is 60.9 Å². The molecule has 2 heterocycles. The molecule has 1 amide bonds. The third-order valence-electron chi connectivity index (χ3n) is 4.78. The first-order valence-corrected chi connectivity index (χ1v) is 11.3. The van der Waals surface area contributed by atoms with Crippen molar-refractivity contribution in [1.29, 1.82) is 0 Å². The third kappa shape index (κ3) is 5.00. The van der Waals surface area contributed by atoms with E-state index in [1.165, 1.54) is 11.3 Å². The van der Waals surface area contributed by atoms with Crippen LogP contribution in [0.3, 0.4) is 0 Å². The minimum atomic E-state index is -0.212. The maximum atomic E-state index is 13.2. The summed E-state index contributed by atoms with van der Waals surface area (Å²) in [6.45, 7) is 4.70. The Labute approximate surface area is 195 Å². The molecule has 0 aliphatic heterocycles. The molecule has 6 nitrogen and oxygen atoms in total. The molecule has 0 spiro atoms. The number of benzene rings is 2. The largest absolute Gasteiger partial charge is 0.494 e. The lowest BCUT2D eigenvalue weighted by atomic mass is 10.2. The molecule has 4 rings (SSSR count). The molecule has 0 N–H and O–H groups in total. The van der Waals surface area contributed by atoms with Gasteiger partial charge in [0.1, 0.15) is 11.5 Å². The van der Waals surface area contributed by atoms with E-state index in [4.69, 9.17) is 26.1 Å². The van der Waals surface area contributed by atoms with Crippen molar-refractivity contribution >= 4 is 44.2 Å². The van der Waals surface area contributed by atoms with Crippen LogP contribution in [-0.2, 0) is 11.3 Å². The molecule has 32 heavy (non-hydrogen) atoms. The first kappa shape index (κ1) is 22.0. The highest BCUT2D eigenvalue weighted by Crippen LogP contribution is 2.36. The number of rotatable bonds is 8. The number of aryl methyl sites for hydroxylation is 1. The molecule has 0 bridgehead atoms. The van der Waals surface area contributed by atoms with Gasteiger partial charge in [-0.1, -0.05) is 35.1 Å². The van der Waals surface area contributed by atoms with E-state index < -0.39 is 0 Å². The molecule has 0 atom stereocenters. The van der Waals surface area contributed by atoms with Crippen LogP contribution in [0.5, 0.6) is 11.5 Å². The highest BCUT2D eigenvalue weighted by atomic mass is 35.5. The summed E-state index contributed by atoms with van der Waals surface area (Å²) in [4.78, 5) is 23.7. The first-order chi connectivity index (χ1) is 15.5. The number of hydrogen-bond acceptors (Lipinski definition) is 6. The van der Waals surface area contributed by atoms with Crippen molar-refractivity contribution in [2.45, 2.75) is 20.4 Å². The number of hydrogen-bond donors (Lipinski definition) is 0. The molecule has 0 aliphatic rings. The molecular weight excluding hydrogens is 446 g/mol. The fraction of sp³-hybridized carbons (Fsp3) is 0.208. The summed E-state index contributed by atoms with van der Waals surface area (Å²) in [7, 11) is 0. The van der Waals surface area contributed by atoms with E-state index >= 15 is 0 Å². The fourth-order valence-corrected chi connectivity index (χ4v) is 4.50. The highest BCUT2D eigenvalue weighted by molar-refractivity contribution is 7.23. The lowest BCUT2D eigenvalue weighted by Gasteiger charge is -2.20. The summed E-state index contributed by atoms with van der Waals surface area (Å²) in [5, 5.41) is 1.19. The summed E-state index contributed by atoms with van der Waals surface area (Å²) in [5.41, 5.74) is 2.70. The minimum Gasteiger partial charge on any atom is -0.494 e. The van der Waals surface area contributed by atoms with Crippen LogP contribution < -0.4 is 14.4 Å². The smallest absolute Gasteiger partial charge is 0.267 e. The van der Waals surface area contributed by atoms with E-state index in [9.17, 15) is 4.79 Å². The summed E-state index contributed by atoms with van der Waals surface area (Å²) < 4.78 is 12.1. The number of aromatic nitrogens is 2. The number of carbonyl (C=O) groups excluding carboxylic acids is 1. The van der Waals surface area contributed by atoms with Gasteiger partial charge in [0.25, 0.3) is 5.91 Å². The lowest BCUT2D eigenvalue weighted by Crippen LogP contribution is -2.34. The molecule has 0 saturated carbocycles. The molecule has 2 aromatic heterocycles. The second kappa shape index (κ2) is 9.97. The minimum absolute atomic E-state index is 0.128. The number of anilines is 1. The van der Waals surface area contributed by atoms with Crippen LogP contribution in [0.4, 0.5) is 5.13 Å². The van der Waals surface area contributed by atoms with Gasteiger partial charge in [0.2, 0.25) is 0 Å². The van der Waals surface area contributed by atoms with Gasteiger partial charge >= 0.3 is 0 Å². The van der Waals surface area contributed by atoms with Gasteiger partial charge < -0.3 is 9.47 Å². The van der Waals surface area contributed by atoms with Gasteiger partial charge in [-0.3, -0.25) is 14.7 Å². The summed E-state index contributed by atoms with van der Waals surface area (Å²) in [6.07, 6.45) is 3.44. The van der Waals surface area contributed by atoms with Crippen molar-refractivity contribution < 1.29 is 14.3 Å². The zero-order valence-electron chi connectivity index (χ0n) is 17.7. The Morgan fingerprint density at radius 3 is 2.50 bits per heavy atom. The topological polar surface area (TPSA) is 64.6 Å². The predicted molar refractivity (Wildman–Crippen MR) is 128 cm³/mol. The number of pyridine rings is 1. The van der Waals surface area contributed by atoms with Gasteiger partial charge in [0.15, 0.2) is 11.7 Å². The molecule has 0 aliphatic carbocycles. The van der Waals surface area contributed by atoms with Gasteiger partial charge in [-0.2, -0.15) is 0 Å². The molecule has 0 unspecified atom stereocenters. The van der Waals surface area contributed by atoms with E-state index in [1.807, 2.05) is 50.2 Å². The number of ether oxygens (including phenoxy) is 2. The van der Waals surface area contributed by atoms with E-state index in [1.54, 1.807) is 29.4 Å². The van der Waals surface area contributed by atoms with Crippen molar-refractivity contribution in [2.24, 2.45) is 0 Å². The summed E-state index contributed by atoms with van der Waals surface area (Å²) >= 11 is 7.78. The Morgan fingerprint density at radius 2 is 1.84 bits per heavy atom. The van der Waals surface area contributed by atoms with Crippen LogP contribution in [-0.4, -0.2) is 29.1 Å². The fourth-order valence-electron chi connectivity index (χ4n) is 3.16. The molecule has 0 saturated heterocycles. The van der Waals surface area contributed by atoms with Crippen molar-refractivity contribution in [3.63, 3.8) is 0 Å². The SMILES string of the molecule is CCOc1ccc(OCC(=O)N(Cc2cccnc2)c2nc3c(C)ccc(Cl)c3s2)cc1. The number of amides is 1. The van der Waals surface area contributed by atoms with Gasteiger partial charge in [-0.25, -0.2) is 4.98 Å². The van der Waals surface area contributed by atoms with Crippen molar-refractivity contribution in [2.75, 3.05) is 18.1 Å². The van der Waals surface area contributed by atoms with Crippen molar-refractivity contribution in [3.8, 4) is 11.5 Å². The quantitative estimate of drug-likeness (QED) is 0.334. The molecule has 4 aromatic rings. The summed E-state index contributed by atoms with van der Waals surface area (Å²) in [5.74, 6) is 1.13. The van der Waals surface area contributed by atoms with Crippen LogP contribution >= 0.6 is 22.9 Å². The lowest BCUT2D eigenvalue weighted by molar-refractivity contribution is -0.120. The van der Waals surface area contributed by atoms with E-state index in [0.717, 1.165) is 27.1 Å². The first-order valence-electron chi connectivity index (χ1n) is 10.2. The predicted octanol–water partition coefficient (Wildman–Crippen LogP) is 5.66. The number of nitrogens with zero attached hydrogens (tertiary/aromatic N) is 3. The Kier molecular flexibility index (Phi) is 6.87. The van der Waals surface area contributed by atoms with E-state index in [2.05, 4.69) is 4.98 Å². The van der Waals surface area contributed by atoms with Crippen molar-refractivity contribution in [1.82, 2.24) is 9.97 Å². The Bertz CT molecular complexity index is 1170. The van der Waals surface area contributed by atoms with E-state index in [-0.39, 0.29) is 12.5 Å². The number of carbonyl (C=O) groups is 1. The average Bonchev–Trinajstić information content (AvgIpc) is 3.27. The normalized spacial score (nSPS) is 10.8. The van der Waals surface area contributed by atoms with Gasteiger partial charge in [0, 0.05) is 12.4 Å². The Morgan fingerprint density at radius 1 is 1.09 bits per heavy atom. The van der Waals surface area contributed by atoms with Gasteiger partial charge in [-0.05, 0) is 61.4 Å². The molecular formula is C24H22ClN3O3S. The standard InChI is InChI=1S/C24H22ClN3O3S/c1-3-30-18-7-9-19(10-8-18)31-15-21(29)28(14-17-5-4-12-26-13-17)24-27-22-16(2)6-11-20(25)23(22)32-24/h4-13H,3,14-15H2,1-2H3. The number of fused-ring (bicyclic) bond motifs is 1. The molecule has 164 valence electrons. The molecule has 8 heteroatoms. The molecule has 0 radical (unpaired) electrons. The van der Waals surface area contributed by atoms with Gasteiger partial charge in [-0.15, -0.1) is 0 Å². The van der Waals surface area contributed by atoms with Crippen molar-refractivity contribution in [3.05, 3.63) is 77.1 Å². The van der Waals surface area contributed by atoms with Crippen LogP contribution in [0, 0.1) is 6.92 Å². The maximum absolute atomic E-state index is 13.2. The maximum Gasteiger partial charge on any atom is 0.267 e. The zero-order chi connectivity index (χ0) is 22.5. The van der Waals surface area contributed by atoms with Crippen LogP contribution in [0.1, 0.15) is 18.1 Å². The third-order valence-corrected chi connectivity index (χ3v) is 6.32. The van der Waals surface area contributed by atoms with Gasteiger partial charge in [0.05, 0.1) is 28.4 Å². The Hall–Kier alpha value is -3.16. The van der Waals surface area contributed by atoms with E-state index in [0.29, 0.717) is 29.1 Å². The second-order valence-corrected chi connectivity index (χ2v) is 8.46. The number of halogens is 1. The molecule has 0 fully saturated rings. The van der Waals surface area contributed by atoms with Crippen LogP contribution in [0.25, 0.3) is 10.2 Å². The summed E-state index contributed by atoms with van der Waals surface area (Å²) in [6, 6.07) is 14.7. The average molecular weight is 468 g/mol.